The van der Waals surface area contributed by atoms with Gasteiger partial charge in [0.15, 0.2) is 17.2 Å². The fourth-order valence-electron chi connectivity index (χ4n) is 4.89. The number of amides is 3. The second-order valence-corrected chi connectivity index (χ2v) is 12.3. The fraction of sp³-hybridized carbons (Fsp3) is 0.333. The molecule has 0 unspecified atom stereocenters. The standard InChI is InChI=1S/C30H34N4O8S/c1-19-15-34(20(2)17-35)29(36)23-10-7-11-24(32-43(38,39)22-8-5-4-6-9-22)28(23)42-27(19)16-33(3)30(37)31-21-12-13-25-26(14-21)41-18-40-25/h4-14,19-20,27,32,35H,15-18H2,1-3H3,(H,31,37)/t19-,20+,27-/m1/s1. The number of fused-ring (bicyclic) bond motifs is 2. The van der Waals surface area contributed by atoms with Crippen molar-refractivity contribution in [2.75, 3.05) is 43.6 Å². The molecule has 0 saturated carbocycles. The Bertz CT molecular complexity index is 1600. The summed E-state index contributed by atoms with van der Waals surface area (Å²) in [5, 5.41) is 12.8. The molecule has 228 valence electrons. The van der Waals surface area contributed by atoms with Crippen LogP contribution in [0, 0.1) is 5.92 Å². The summed E-state index contributed by atoms with van der Waals surface area (Å²) in [5.74, 6) is 0.449. The Hall–Kier alpha value is -4.49. The molecule has 0 spiro atoms. The molecule has 3 N–H and O–H groups in total. The van der Waals surface area contributed by atoms with E-state index in [9.17, 15) is 23.1 Å². The van der Waals surface area contributed by atoms with Gasteiger partial charge in [0.2, 0.25) is 6.79 Å². The number of aliphatic hydroxyl groups is 1. The minimum absolute atomic E-state index is 0.0447. The summed E-state index contributed by atoms with van der Waals surface area (Å²) in [5.41, 5.74) is 0.736. The summed E-state index contributed by atoms with van der Waals surface area (Å²) >= 11 is 0. The third-order valence-corrected chi connectivity index (χ3v) is 8.79. The summed E-state index contributed by atoms with van der Waals surface area (Å²) in [4.78, 5) is 29.9. The van der Waals surface area contributed by atoms with E-state index < -0.39 is 34.1 Å². The lowest BCUT2D eigenvalue weighted by atomic mass is 9.99. The molecule has 3 aromatic carbocycles. The number of para-hydroxylation sites is 1. The number of sulfonamides is 1. The van der Waals surface area contributed by atoms with Gasteiger partial charge < -0.3 is 34.4 Å². The van der Waals surface area contributed by atoms with Crippen molar-refractivity contribution in [3.8, 4) is 17.2 Å². The average molecular weight is 611 g/mol. The highest BCUT2D eigenvalue weighted by Gasteiger charge is 2.35. The van der Waals surface area contributed by atoms with Gasteiger partial charge in [-0.2, -0.15) is 0 Å². The lowest BCUT2D eigenvalue weighted by molar-refractivity contribution is 0.0373. The number of hydrogen-bond donors (Lipinski definition) is 3. The Kier molecular flexibility index (Phi) is 8.64. The van der Waals surface area contributed by atoms with E-state index >= 15 is 0 Å². The topological polar surface area (TPSA) is 147 Å². The molecule has 2 aliphatic heterocycles. The number of aliphatic hydroxyl groups excluding tert-OH is 1. The van der Waals surface area contributed by atoms with E-state index in [0.717, 1.165) is 0 Å². The normalized spacial score (nSPS) is 18.5. The number of anilines is 2. The zero-order valence-electron chi connectivity index (χ0n) is 24.0. The Labute approximate surface area is 250 Å². The van der Waals surface area contributed by atoms with Gasteiger partial charge in [0.1, 0.15) is 6.10 Å². The van der Waals surface area contributed by atoms with E-state index in [2.05, 4.69) is 10.0 Å². The maximum absolute atomic E-state index is 13.7. The molecule has 2 aliphatic rings. The smallest absolute Gasteiger partial charge is 0.321 e. The van der Waals surface area contributed by atoms with Crippen molar-refractivity contribution in [2.45, 2.75) is 30.9 Å². The third kappa shape index (κ3) is 6.47. The van der Waals surface area contributed by atoms with Crippen molar-refractivity contribution in [2.24, 2.45) is 5.92 Å². The summed E-state index contributed by atoms with van der Waals surface area (Å²) in [7, 11) is -2.40. The van der Waals surface area contributed by atoms with Gasteiger partial charge in [0, 0.05) is 31.3 Å². The highest BCUT2D eigenvalue weighted by atomic mass is 32.2. The summed E-state index contributed by atoms with van der Waals surface area (Å²) in [6.45, 7) is 3.80. The van der Waals surface area contributed by atoms with E-state index in [4.69, 9.17) is 14.2 Å². The van der Waals surface area contributed by atoms with Crippen LogP contribution < -0.4 is 24.2 Å². The van der Waals surface area contributed by atoms with Crippen LogP contribution in [0.1, 0.15) is 24.2 Å². The van der Waals surface area contributed by atoms with Crippen molar-refractivity contribution in [1.82, 2.24) is 9.80 Å². The Morgan fingerprint density at radius 1 is 1.09 bits per heavy atom. The van der Waals surface area contributed by atoms with Gasteiger partial charge in [0.05, 0.1) is 35.3 Å². The first kappa shape index (κ1) is 30.0. The van der Waals surface area contributed by atoms with Crippen LogP contribution in [0.15, 0.2) is 71.6 Å². The van der Waals surface area contributed by atoms with E-state index in [0.29, 0.717) is 17.2 Å². The van der Waals surface area contributed by atoms with Crippen LogP contribution in [0.2, 0.25) is 0 Å². The minimum atomic E-state index is -4.01. The van der Waals surface area contributed by atoms with E-state index in [1.54, 1.807) is 67.4 Å². The van der Waals surface area contributed by atoms with Crippen LogP contribution in [-0.4, -0.2) is 80.9 Å². The predicted molar refractivity (Wildman–Crippen MR) is 159 cm³/mol. The summed E-state index contributed by atoms with van der Waals surface area (Å²) < 4.78 is 46.2. The molecule has 0 bridgehead atoms. The lowest BCUT2D eigenvalue weighted by Crippen LogP contribution is -2.50. The van der Waals surface area contributed by atoms with Gasteiger partial charge in [0.25, 0.3) is 15.9 Å². The van der Waals surface area contributed by atoms with Crippen molar-refractivity contribution in [3.63, 3.8) is 0 Å². The fourth-order valence-corrected chi connectivity index (χ4v) is 5.97. The summed E-state index contributed by atoms with van der Waals surface area (Å²) in [6, 6.07) is 16.7. The minimum Gasteiger partial charge on any atom is -0.485 e. The van der Waals surface area contributed by atoms with Gasteiger partial charge in [-0.05, 0) is 43.3 Å². The molecular weight excluding hydrogens is 576 g/mol. The predicted octanol–water partition coefficient (Wildman–Crippen LogP) is 3.60. The molecule has 0 aromatic heterocycles. The van der Waals surface area contributed by atoms with Gasteiger partial charge in [-0.25, -0.2) is 13.2 Å². The van der Waals surface area contributed by atoms with E-state index in [1.807, 2.05) is 6.92 Å². The van der Waals surface area contributed by atoms with Crippen LogP contribution in [0.25, 0.3) is 0 Å². The monoisotopic (exact) mass is 610 g/mol. The van der Waals surface area contributed by atoms with Crippen LogP contribution >= 0.6 is 0 Å². The number of benzene rings is 3. The molecule has 5 rings (SSSR count). The van der Waals surface area contributed by atoms with Crippen molar-refractivity contribution in [3.05, 3.63) is 72.3 Å². The average Bonchev–Trinajstić information content (AvgIpc) is 3.47. The maximum atomic E-state index is 13.7. The van der Waals surface area contributed by atoms with Crippen LogP contribution in [0.5, 0.6) is 17.2 Å². The number of likely N-dealkylation sites (N-methyl/N-ethyl adjacent to an activating group) is 1. The number of hydrogen-bond acceptors (Lipinski definition) is 8. The summed E-state index contributed by atoms with van der Waals surface area (Å²) in [6.07, 6.45) is -0.657. The van der Waals surface area contributed by atoms with Crippen LogP contribution in [0.3, 0.4) is 0 Å². The van der Waals surface area contributed by atoms with E-state index in [-0.39, 0.29) is 54.3 Å². The molecule has 13 heteroatoms. The molecule has 3 amide bonds. The first-order valence-corrected chi connectivity index (χ1v) is 15.3. The zero-order valence-corrected chi connectivity index (χ0v) is 24.8. The molecule has 3 aromatic rings. The Morgan fingerprint density at radius 2 is 1.84 bits per heavy atom. The van der Waals surface area contributed by atoms with Crippen LogP contribution in [0.4, 0.5) is 16.2 Å². The second kappa shape index (κ2) is 12.4. The van der Waals surface area contributed by atoms with Gasteiger partial charge in [-0.3, -0.25) is 9.52 Å². The second-order valence-electron chi connectivity index (χ2n) is 10.6. The molecular formula is C30H34N4O8S. The highest BCUT2D eigenvalue weighted by Crippen LogP contribution is 2.37. The molecule has 0 aliphatic carbocycles. The highest BCUT2D eigenvalue weighted by molar-refractivity contribution is 7.92. The van der Waals surface area contributed by atoms with Gasteiger partial charge in [-0.1, -0.05) is 31.2 Å². The molecule has 0 fully saturated rings. The first-order valence-electron chi connectivity index (χ1n) is 13.8. The molecule has 2 heterocycles. The number of rotatable bonds is 8. The van der Waals surface area contributed by atoms with Crippen molar-refractivity contribution in [1.29, 1.82) is 0 Å². The number of ether oxygens (including phenoxy) is 3. The van der Waals surface area contributed by atoms with Crippen molar-refractivity contribution >= 4 is 33.3 Å². The Morgan fingerprint density at radius 3 is 2.58 bits per heavy atom. The molecule has 0 radical (unpaired) electrons. The first-order chi connectivity index (χ1) is 20.6. The van der Waals surface area contributed by atoms with E-state index in [1.165, 1.54) is 23.1 Å². The lowest BCUT2D eigenvalue weighted by Gasteiger charge is -2.38. The third-order valence-electron chi connectivity index (χ3n) is 7.41. The molecule has 0 saturated heterocycles. The quantitative estimate of drug-likeness (QED) is 0.351. The van der Waals surface area contributed by atoms with Crippen molar-refractivity contribution < 1.29 is 37.3 Å². The molecule has 12 nitrogen and oxygen atoms in total. The molecule has 43 heavy (non-hydrogen) atoms. The number of nitrogens with one attached hydrogen (secondary N) is 2. The number of carbonyl (C=O) groups is 2. The SMILES string of the molecule is C[C@@H]1CN([C@@H](C)CO)C(=O)c2cccc(NS(=O)(=O)c3ccccc3)c2O[C@@H]1CN(C)C(=O)Nc1ccc2c(c1)OCO2. The molecule has 3 atom stereocenters. The maximum Gasteiger partial charge on any atom is 0.321 e. The zero-order chi connectivity index (χ0) is 30.7. The number of carbonyl (C=O) groups excluding carboxylic acids is 2. The van der Waals surface area contributed by atoms with Crippen LogP contribution in [-0.2, 0) is 10.0 Å². The van der Waals surface area contributed by atoms with Gasteiger partial charge in [-0.15, -0.1) is 0 Å². The largest absolute Gasteiger partial charge is 0.485 e. The number of nitrogens with zero attached hydrogens (tertiary/aromatic N) is 2. The van der Waals surface area contributed by atoms with Gasteiger partial charge >= 0.3 is 6.03 Å². The number of urea groups is 1. The Balaban J connectivity index is 1.44.